The van der Waals surface area contributed by atoms with Crippen LogP contribution in [0.4, 0.5) is 30.7 Å². The third-order valence-electron chi connectivity index (χ3n) is 2.26. The van der Waals surface area contributed by atoms with Gasteiger partial charge in [-0.3, -0.25) is 0 Å². The molecule has 1 aromatic carbocycles. The molecule has 1 aromatic rings. The van der Waals surface area contributed by atoms with Gasteiger partial charge in [0.15, 0.2) is 6.67 Å². The predicted octanol–water partition coefficient (Wildman–Crippen LogP) is 5.03. The van der Waals surface area contributed by atoms with Crippen molar-refractivity contribution in [1.29, 1.82) is 0 Å². The molecule has 1 rings (SSSR count). The van der Waals surface area contributed by atoms with Crippen LogP contribution in [0.3, 0.4) is 0 Å². The van der Waals surface area contributed by atoms with Crippen LogP contribution in [0.1, 0.15) is 5.56 Å². The Morgan fingerprint density at radius 1 is 0.947 bits per heavy atom. The van der Waals surface area contributed by atoms with Crippen molar-refractivity contribution in [2.24, 2.45) is 0 Å². The molecule has 0 saturated heterocycles. The summed E-state index contributed by atoms with van der Waals surface area (Å²) >= 11 is 3.01. The van der Waals surface area contributed by atoms with Crippen molar-refractivity contribution in [2.45, 2.75) is 17.8 Å². The second-order valence-corrected chi connectivity index (χ2v) is 5.88. The number of halogens is 9. The topological polar surface area (TPSA) is 0 Å². The molecule has 0 fully saturated rings. The van der Waals surface area contributed by atoms with Crippen LogP contribution in [0.2, 0.25) is 0 Å². The first kappa shape index (κ1) is 17.2. The first-order valence-corrected chi connectivity index (χ1v) is 6.69. The van der Waals surface area contributed by atoms with Gasteiger partial charge in [0.2, 0.25) is 0 Å². The maximum Gasteiger partial charge on any atom is 0.432 e. The lowest BCUT2D eigenvalue weighted by atomic mass is 9.89. The van der Waals surface area contributed by atoms with Gasteiger partial charge in [0.25, 0.3) is 5.67 Å². The van der Waals surface area contributed by atoms with E-state index in [-0.39, 0.29) is 7.14 Å². The molecule has 1 radical (unpaired) electrons. The Hall–Kier alpha value is 0.190. The van der Waals surface area contributed by atoms with E-state index < -0.39 is 30.0 Å². The third kappa shape index (κ3) is 3.10. The van der Waals surface area contributed by atoms with Crippen LogP contribution in [0.25, 0.3) is 0 Å². The van der Waals surface area contributed by atoms with E-state index in [9.17, 15) is 30.7 Å². The van der Waals surface area contributed by atoms with E-state index in [0.717, 1.165) is 0 Å². The summed E-state index contributed by atoms with van der Waals surface area (Å²) in [6, 6.07) is 3.64. The number of hydrogen-bond donors (Lipinski definition) is 0. The van der Waals surface area contributed by atoms with Crippen molar-refractivity contribution >= 4 is 45.2 Å². The average molecular weight is 511 g/mol. The maximum absolute atomic E-state index is 14.0. The second kappa shape index (κ2) is 5.53. The Labute approximate surface area is 131 Å². The normalized spacial score (nSPS) is 16.3. The fourth-order valence-electron chi connectivity index (χ4n) is 1.37. The van der Waals surface area contributed by atoms with E-state index in [1.807, 2.05) is 0 Å². The number of benzene rings is 1. The molecule has 0 aliphatic carbocycles. The molecule has 1 atom stereocenters. The number of hydrogen-bond acceptors (Lipinski definition) is 0. The Kier molecular flexibility index (Phi) is 5.01. The summed E-state index contributed by atoms with van der Waals surface area (Å²) in [5.74, 6) is -5.21. The minimum atomic E-state index is -5.95. The first-order valence-electron chi connectivity index (χ1n) is 4.54. The van der Waals surface area contributed by atoms with Crippen molar-refractivity contribution in [3.63, 3.8) is 0 Å². The fraction of sp³-hybridized carbons (Fsp3) is 0.400. The Balaban J connectivity index is 3.58. The van der Waals surface area contributed by atoms with Crippen LogP contribution in [-0.2, 0) is 5.67 Å². The molecule has 0 amide bonds. The molecule has 0 aromatic heterocycles. The molecule has 1 unspecified atom stereocenters. The van der Waals surface area contributed by atoms with E-state index in [4.69, 9.17) is 0 Å². The van der Waals surface area contributed by atoms with Crippen molar-refractivity contribution in [3.05, 3.63) is 30.9 Å². The second-order valence-electron chi connectivity index (χ2n) is 3.56. The molecule has 0 heterocycles. The molecule has 0 spiro atoms. The average Bonchev–Trinajstić information content (AvgIpc) is 2.24. The van der Waals surface area contributed by atoms with Crippen LogP contribution in [-0.4, -0.2) is 18.8 Å². The van der Waals surface area contributed by atoms with E-state index in [1.54, 1.807) is 0 Å². The SMILES string of the molecule is FCC(F)(F)C(F)(c1cc(I)[c]c(I)c1)C(F)(F)F. The molecule has 0 aliphatic rings. The third-order valence-corrected chi connectivity index (χ3v) is 3.43. The Morgan fingerprint density at radius 3 is 1.68 bits per heavy atom. The highest BCUT2D eigenvalue weighted by atomic mass is 127. The largest absolute Gasteiger partial charge is 0.432 e. The van der Waals surface area contributed by atoms with Crippen LogP contribution in [0.5, 0.6) is 0 Å². The highest BCUT2D eigenvalue weighted by Crippen LogP contribution is 2.53. The molecule has 107 valence electrons. The van der Waals surface area contributed by atoms with E-state index >= 15 is 0 Å². The van der Waals surface area contributed by atoms with Gasteiger partial charge in [0.1, 0.15) is 0 Å². The quantitative estimate of drug-likeness (QED) is 0.395. The van der Waals surface area contributed by atoms with Crippen LogP contribution < -0.4 is 0 Å². The fourth-order valence-corrected chi connectivity index (χ4v) is 3.14. The van der Waals surface area contributed by atoms with E-state index in [1.165, 1.54) is 45.2 Å². The standard InChI is InChI=1S/C10H4F7I2/c11-4-8(12,13)9(14,10(15,16)17)5-1-6(18)3-7(19)2-5/h1-2H,4H2. The van der Waals surface area contributed by atoms with Crippen LogP contribution in [0.15, 0.2) is 12.1 Å². The molecule has 0 aliphatic heterocycles. The molecular formula is C10H4F7I2. The summed E-state index contributed by atoms with van der Waals surface area (Å²) in [5, 5.41) is 0. The first-order chi connectivity index (χ1) is 8.45. The lowest BCUT2D eigenvalue weighted by Crippen LogP contribution is -2.54. The van der Waals surface area contributed by atoms with Crippen LogP contribution >= 0.6 is 45.2 Å². The summed E-state index contributed by atoms with van der Waals surface area (Å²) in [6.45, 7) is -2.76. The van der Waals surface area contributed by atoms with Gasteiger partial charge in [0, 0.05) is 18.8 Å². The highest BCUT2D eigenvalue weighted by Gasteiger charge is 2.72. The number of rotatable bonds is 3. The smallest absolute Gasteiger partial charge is 0.244 e. The maximum atomic E-state index is 14.0. The molecule has 0 bridgehead atoms. The molecule has 19 heavy (non-hydrogen) atoms. The van der Waals surface area contributed by atoms with Crippen molar-refractivity contribution in [3.8, 4) is 0 Å². The minimum absolute atomic E-state index is 0.0143. The van der Waals surface area contributed by atoms with Gasteiger partial charge in [0.05, 0.1) is 0 Å². The van der Waals surface area contributed by atoms with Crippen molar-refractivity contribution in [2.75, 3.05) is 6.67 Å². The summed E-state index contributed by atoms with van der Waals surface area (Å²) in [4.78, 5) is 0. The van der Waals surface area contributed by atoms with Crippen molar-refractivity contribution in [1.82, 2.24) is 0 Å². The molecule has 0 nitrogen and oxygen atoms in total. The van der Waals surface area contributed by atoms with Gasteiger partial charge < -0.3 is 0 Å². The Bertz CT molecular complexity index is 451. The summed E-state index contributed by atoms with van der Waals surface area (Å²) < 4.78 is 90.7. The summed E-state index contributed by atoms with van der Waals surface area (Å²) in [5.41, 5.74) is -6.42. The Morgan fingerprint density at radius 2 is 1.37 bits per heavy atom. The summed E-state index contributed by atoms with van der Waals surface area (Å²) in [6.07, 6.45) is -5.95. The zero-order valence-corrected chi connectivity index (χ0v) is 13.1. The zero-order chi connectivity index (χ0) is 15.1. The van der Waals surface area contributed by atoms with Gasteiger partial charge in [-0.1, -0.05) is 0 Å². The van der Waals surface area contributed by atoms with Gasteiger partial charge in [-0.25, -0.2) is 8.78 Å². The van der Waals surface area contributed by atoms with Gasteiger partial charge in [-0.15, -0.1) is 0 Å². The van der Waals surface area contributed by atoms with Gasteiger partial charge in [-0.2, -0.15) is 22.0 Å². The lowest BCUT2D eigenvalue weighted by Gasteiger charge is -2.34. The summed E-state index contributed by atoms with van der Waals surface area (Å²) in [7, 11) is 0. The van der Waals surface area contributed by atoms with Crippen molar-refractivity contribution < 1.29 is 30.7 Å². The van der Waals surface area contributed by atoms with Crippen LogP contribution in [0, 0.1) is 13.2 Å². The molecule has 9 heteroatoms. The van der Waals surface area contributed by atoms with E-state index in [0.29, 0.717) is 12.1 Å². The van der Waals surface area contributed by atoms with Gasteiger partial charge >= 0.3 is 12.1 Å². The highest BCUT2D eigenvalue weighted by molar-refractivity contribution is 14.1. The molecule has 0 N–H and O–H groups in total. The number of alkyl halides is 7. The predicted molar refractivity (Wildman–Crippen MR) is 70.5 cm³/mol. The van der Waals surface area contributed by atoms with Gasteiger partial charge in [-0.05, 0) is 57.3 Å². The lowest BCUT2D eigenvalue weighted by molar-refractivity contribution is -0.312. The molecule has 0 saturated carbocycles. The zero-order valence-electron chi connectivity index (χ0n) is 8.76. The monoisotopic (exact) mass is 511 g/mol. The van der Waals surface area contributed by atoms with E-state index in [2.05, 4.69) is 6.07 Å². The minimum Gasteiger partial charge on any atom is -0.244 e. The molecular weight excluding hydrogens is 507 g/mol.